The van der Waals surface area contributed by atoms with Crippen LogP contribution in [-0.4, -0.2) is 60.8 Å². The molecule has 2 heterocycles. The monoisotopic (exact) mass is 554 g/mol. The van der Waals surface area contributed by atoms with Crippen LogP contribution in [0.1, 0.15) is 12.8 Å². The molecule has 1 saturated heterocycles. The number of carbonyl (C=O) groups is 1. The summed E-state index contributed by atoms with van der Waals surface area (Å²) >= 11 is 6.37. The van der Waals surface area contributed by atoms with Crippen molar-refractivity contribution in [3.63, 3.8) is 0 Å². The van der Waals surface area contributed by atoms with E-state index in [1.165, 1.54) is 19.0 Å². The Labute approximate surface area is 228 Å². The van der Waals surface area contributed by atoms with Gasteiger partial charge in [0.25, 0.3) is 0 Å². The summed E-state index contributed by atoms with van der Waals surface area (Å²) in [5, 5.41) is 10.2. The zero-order valence-corrected chi connectivity index (χ0v) is 23.4. The molecule has 200 valence electrons. The number of methoxy groups -OCH3 is 1. The summed E-state index contributed by atoms with van der Waals surface area (Å²) in [4.78, 5) is 23.5. The van der Waals surface area contributed by atoms with Crippen molar-refractivity contribution in [2.75, 3.05) is 56.0 Å². The lowest BCUT2D eigenvalue weighted by Gasteiger charge is -2.16. The van der Waals surface area contributed by atoms with E-state index in [1.54, 1.807) is 44.7 Å². The van der Waals surface area contributed by atoms with Gasteiger partial charge in [-0.1, -0.05) is 29.8 Å². The van der Waals surface area contributed by atoms with Crippen LogP contribution in [0.3, 0.4) is 0 Å². The second kappa shape index (κ2) is 12.4. The number of halogens is 1. The summed E-state index contributed by atoms with van der Waals surface area (Å²) in [6, 6.07) is 12.6. The minimum Gasteiger partial charge on any atom is -0.495 e. The Morgan fingerprint density at radius 1 is 1.13 bits per heavy atom. The maximum Gasteiger partial charge on any atom is 0.248 e. The number of nitrogens with zero attached hydrogens (tertiary/aromatic N) is 3. The van der Waals surface area contributed by atoms with Crippen LogP contribution in [0.25, 0.3) is 0 Å². The van der Waals surface area contributed by atoms with Crippen molar-refractivity contribution in [1.82, 2.24) is 14.9 Å². The van der Waals surface area contributed by atoms with E-state index in [4.69, 9.17) is 16.3 Å². The molecular weight excluding hydrogens is 523 g/mol. The molecule has 1 aliphatic heterocycles. The number of rotatable bonds is 10. The fourth-order valence-electron chi connectivity index (χ4n) is 4.15. The highest BCUT2D eigenvalue weighted by Crippen LogP contribution is 2.39. The lowest BCUT2D eigenvalue weighted by Crippen LogP contribution is -2.19. The summed E-state index contributed by atoms with van der Waals surface area (Å²) in [6.07, 6.45) is 7.34. The van der Waals surface area contributed by atoms with Crippen molar-refractivity contribution in [3.8, 4) is 5.75 Å². The summed E-state index contributed by atoms with van der Waals surface area (Å²) in [7, 11) is -0.982. The number of hydrogen-bond donors (Lipinski definition) is 3. The Kier molecular flexibility index (Phi) is 9.05. The van der Waals surface area contributed by atoms with Gasteiger partial charge in [0.1, 0.15) is 17.9 Å². The van der Waals surface area contributed by atoms with Crippen LogP contribution in [0.15, 0.2) is 60.8 Å². The minimum atomic E-state index is -2.54. The van der Waals surface area contributed by atoms with Crippen LogP contribution in [-0.2, 0) is 9.36 Å². The van der Waals surface area contributed by atoms with E-state index in [-0.39, 0.29) is 11.9 Å². The van der Waals surface area contributed by atoms with Crippen molar-refractivity contribution in [2.45, 2.75) is 12.8 Å². The molecule has 1 amide bonds. The number of para-hydroxylation sites is 1. The summed E-state index contributed by atoms with van der Waals surface area (Å²) in [5.41, 5.74) is 1.81. The molecule has 0 unspecified atom stereocenters. The molecule has 0 saturated carbocycles. The van der Waals surface area contributed by atoms with Gasteiger partial charge in [-0.2, -0.15) is 4.98 Å². The molecule has 38 heavy (non-hydrogen) atoms. The Hall–Kier alpha value is -3.39. The zero-order chi connectivity index (χ0) is 27.1. The van der Waals surface area contributed by atoms with E-state index >= 15 is 0 Å². The summed E-state index contributed by atoms with van der Waals surface area (Å²) < 4.78 is 18.2. The van der Waals surface area contributed by atoms with Crippen molar-refractivity contribution in [1.29, 1.82) is 0 Å². The van der Waals surface area contributed by atoms with Crippen molar-refractivity contribution in [3.05, 3.63) is 65.8 Å². The molecule has 0 radical (unpaired) electrons. The number of hydrogen-bond acceptors (Lipinski definition) is 8. The molecule has 0 spiro atoms. The molecule has 9 nitrogen and oxygen atoms in total. The van der Waals surface area contributed by atoms with Gasteiger partial charge in [-0.05, 0) is 69.6 Å². The molecule has 4 rings (SSSR count). The lowest BCUT2D eigenvalue weighted by molar-refractivity contribution is -0.111. The molecule has 11 heteroatoms. The number of ether oxygens (including phenoxy) is 1. The van der Waals surface area contributed by atoms with Gasteiger partial charge in [-0.15, -0.1) is 0 Å². The Morgan fingerprint density at radius 3 is 2.63 bits per heavy atom. The van der Waals surface area contributed by atoms with E-state index in [0.29, 0.717) is 39.0 Å². The highest BCUT2D eigenvalue weighted by molar-refractivity contribution is 7.70. The number of nitrogens with one attached hydrogen (secondary N) is 3. The Morgan fingerprint density at radius 2 is 1.89 bits per heavy atom. The fraction of sp³-hybridized carbons (Fsp3) is 0.296. The maximum atomic E-state index is 12.7. The van der Waals surface area contributed by atoms with E-state index in [2.05, 4.69) is 30.8 Å². The number of aromatic nitrogens is 2. The van der Waals surface area contributed by atoms with Gasteiger partial charge in [-0.25, -0.2) is 4.98 Å². The number of amides is 1. The number of likely N-dealkylation sites (tertiary alicyclic amines) is 1. The van der Waals surface area contributed by atoms with E-state index < -0.39 is 7.14 Å². The zero-order valence-electron chi connectivity index (χ0n) is 21.7. The molecule has 0 bridgehead atoms. The smallest absolute Gasteiger partial charge is 0.248 e. The van der Waals surface area contributed by atoms with Crippen LogP contribution in [0.2, 0.25) is 5.02 Å². The van der Waals surface area contributed by atoms with E-state index in [9.17, 15) is 9.36 Å². The van der Waals surface area contributed by atoms with Crippen molar-refractivity contribution < 1.29 is 14.1 Å². The average Bonchev–Trinajstić information content (AvgIpc) is 3.39. The third kappa shape index (κ3) is 7.34. The molecule has 0 atom stereocenters. The predicted molar refractivity (Wildman–Crippen MR) is 156 cm³/mol. The van der Waals surface area contributed by atoms with E-state index in [1.807, 2.05) is 30.3 Å². The first-order valence-electron chi connectivity index (χ1n) is 12.3. The molecular formula is C27H32ClN6O3P. The molecule has 0 aliphatic carbocycles. The third-order valence-electron chi connectivity index (χ3n) is 6.03. The summed E-state index contributed by atoms with van der Waals surface area (Å²) in [6.45, 7) is 6.35. The SMILES string of the molecule is COc1ccc(NC(=O)/C=C/CN2CCCC2)cc1Nc1ncc(Cl)c(Nc2ccccc2P(C)(C)=O)n1. The molecule has 1 aromatic heterocycles. The minimum absolute atomic E-state index is 0.211. The lowest BCUT2D eigenvalue weighted by atomic mass is 10.2. The largest absolute Gasteiger partial charge is 0.495 e. The predicted octanol–water partition coefficient (Wildman–Crippen LogP) is 5.46. The maximum absolute atomic E-state index is 12.7. The van der Waals surface area contributed by atoms with Crippen LogP contribution < -0.4 is 26.0 Å². The normalized spacial score (nSPS) is 14.0. The molecule has 3 aromatic rings. The van der Waals surface area contributed by atoms with Crippen LogP contribution in [0.5, 0.6) is 5.75 Å². The van der Waals surface area contributed by atoms with Gasteiger partial charge in [-0.3, -0.25) is 9.69 Å². The van der Waals surface area contributed by atoms with Gasteiger partial charge in [0.05, 0.1) is 24.7 Å². The number of carbonyl (C=O) groups excluding carboxylic acids is 1. The Balaban J connectivity index is 1.50. The Bertz CT molecular complexity index is 1370. The standard InChI is InChI=1S/C27H32ClN6O3P/c1-37-23-13-12-19(30-25(35)11-8-16-34-14-6-7-15-34)17-22(23)32-27-29-18-20(28)26(33-27)31-21-9-4-5-10-24(21)38(2,3)36/h4-5,8-13,17-18H,6-7,14-16H2,1-3H3,(H,30,35)(H2,29,31,32,33)/b11-8+. The van der Waals surface area contributed by atoms with Crippen molar-refractivity contribution >= 4 is 58.8 Å². The third-order valence-corrected chi connectivity index (χ3v) is 7.85. The first-order chi connectivity index (χ1) is 18.2. The van der Waals surface area contributed by atoms with E-state index in [0.717, 1.165) is 19.6 Å². The molecule has 1 aliphatic rings. The topological polar surface area (TPSA) is 108 Å². The first-order valence-corrected chi connectivity index (χ1v) is 15.3. The first kappa shape index (κ1) is 27.6. The number of benzene rings is 2. The quantitative estimate of drug-likeness (QED) is 0.224. The second-order valence-corrected chi connectivity index (χ2v) is 12.9. The van der Waals surface area contributed by atoms with Gasteiger partial charge in [0.2, 0.25) is 11.9 Å². The average molecular weight is 555 g/mol. The summed E-state index contributed by atoms with van der Waals surface area (Å²) in [5.74, 6) is 0.954. The number of anilines is 5. The molecule has 2 aromatic carbocycles. The second-order valence-electron chi connectivity index (χ2n) is 9.32. The van der Waals surface area contributed by atoms with Crippen molar-refractivity contribution in [2.24, 2.45) is 0 Å². The van der Waals surface area contributed by atoms with Gasteiger partial charge >= 0.3 is 0 Å². The van der Waals surface area contributed by atoms with Crippen LogP contribution >= 0.6 is 18.7 Å². The van der Waals surface area contributed by atoms with Gasteiger partial charge < -0.3 is 25.3 Å². The highest BCUT2D eigenvalue weighted by Gasteiger charge is 2.17. The molecule has 1 fully saturated rings. The van der Waals surface area contributed by atoms with Gasteiger partial charge in [0.15, 0.2) is 5.82 Å². The van der Waals surface area contributed by atoms with Crippen LogP contribution in [0, 0.1) is 0 Å². The highest BCUT2D eigenvalue weighted by atomic mass is 35.5. The van der Waals surface area contributed by atoms with Gasteiger partial charge in [0, 0.05) is 23.6 Å². The van der Waals surface area contributed by atoms with Crippen LogP contribution in [0.4, 0.5) is 28.8 Å². The fourth-order valence-corrected chi connectivity index (χ4v) is 5.45. The molecule has 3 N–H and O–H groups in total.